The van der Waals surface area contributed by atoms with Gasteiger partial charge < -0.3 is 19.5 Å². The summed E-state index contributed by atoms with van der Waals surface area (Å²) in [4.78, 5) is 16.1. The number of hydrogen-bond acceptors (Lipinski definition) is 4. The lowest BCUT2D eigenvalue weighted by Gasteiger charge is -2.39. The molecule has 2 fully saturated rings. The number of likely N-dealkylation sites (tertiary alicyclic amines) is 1. The molecular formula is C23H34N6O. The predicted molar refractivity (Wildman–Crippen MR) is 119 cm³/mol. The Hall–Kier alpha value is -2.57. The first-order chi connectivity index (χ1) is 14.7. The molecule has 2 atom stereocenters. The number of guanidine groups is 1. The first kappa shape index (κ1) is 20.7. The molecule has 7 nitrogen and oxygen atoms in total. The van der Waals surface area contributed by atoms with Gasteiger partial charge in [0.25, 0.3) is 0 Å². The number of aliphatic imine (C=N–C) groups is 1. The zero-order valence-corrected chi connectivity index (χ0v) is 18.2. The van der Waals surface area contributed by atoms with E-state index in [4.69, 9.17) is 9.73 Å². The second-order valence-corrected chi connectivity index (χ2v) is 8.45. The van der Waals surface area contributed by atoms with E-state index in [1.165, 1.54) is 12.8 Å². The van der Waals surface area contributed by atoms with Crippen LogP contribution in [0.1, 0.15) is 57.6 Å². The number of aromatic nitrogens is 3. The summed E-state index contributed by atoms with van der Waals surface area (Å²) in [5.74, 6) is 2.32. The molecule has 3 heterocycles. The van der Waals surface area contributed by atoms with Gasteiger partial charge in [-0.3, -0.25) is 0 Å². The van der Waals surface area contributed by atoms with Crippen molar-refractivity contribution in [1.29, 1.82) is 0 Å². The molecule has 30 heavy (non-hydrogen) atoms. The van der Waals surface area contributed by atoms with Crippen LogP contribution in [0, 0.1) is 5.92 Å². The number of nitrogens with zero attached hydrogens (tertiary/aromatic N) is 5. The molecule has 0 bridgehead atoms. The Morgan fingerprint density at radius 2 is 2.13 bits per heavy atom. The van der Waals surface area contributed by atoms with Crippen LogP contribution in [0.15, 0.2) is 42.0 Å². The van der Waals surface area contributed by atoms with Crippen molar-refractivity contribution in [2.75, 3.05) is 19.6 Å². The van der Waals surface area contributed by atoms with E-state index in [0.717, 1.165) is 56.3 Å². The molecule has 2 unspecified atom stereocenters. The maximum Gasteiger partial charge on any atom is 0.218 e. The second-order valence-electron chi connectivity index (χ2n) is 8.45. The van der Waals surface area contributed by atoms with Gasteiger partial charge in [0.15, 0.2) is 5.96 Å². The van der Waals surface area contributed by atoms with E-state index in [2.05, 4.69) is 50.9 Å². The minimum Gasteiger partial charge on any atom is -0.474 e. The van der Waals surface area contributed by atoms with Crippen molar-refractivity contribution >= 4 is 5.96 Å². The first-order valence-corrected chi connectivity index (χ1v) is 11.4. The summed E-state index contributed by atoms with van der Waals surface area (Å²) < 4.78 is 8.43. The van der Waals surface area contributed by atoms with Gasteiger partial charge in [-0.25, -0.2) is 15.0 Å². The lowest BCUT2D eigenvalue weighted by Crippen LogP contribution is -2.49. The Bertz CT molecular complexity index is 815. The average molecular weight is 411 g/mol. The third-order valence-corrected chi connectivity index (χ3v) is 6.29. The molecule has 162 valence electrons. The van der Waals surface area contributed by atoms with Gasteiger partial charge in [0.2, 0.25) is 5.88 Å². The van der Waals surface area contributed by atoms with E-state index in [0.29, 0.717) is 24.6 Å². The lowest BCUT2D eigenvalue weighted by atomic mass is 9.93. The Balaban J connectivity index is 1.48. The maximum atomic E-state index is 6.20. The van der Waals surface area contributed by atoms with Gasteiger partial charge in [0.1, 0.15) is 6.10 Å². The molecular weight excluding hydrogens is 376 g/mol. The van der Waals surface area contributed by atoms with E-state index >= 15 is 0 Å². The van der Waals surface area contributed by atoms with Crippen LogP contribution < -0.4 is 10.1 Å². The average Bonchev–Trinajstić information content (AvgIpc) is 3.47. The fourth-order valence-corrected chi connectivity index (χ4v) is 4.50. The van der Waals surface area contributed by atoms with Gasteiger partial charge in [-0.2, -0.15) is 0 Å². The number of rotatable bonds is 6. The van der Waals surface area contributed by atoms with Gasteiger partial charge in [-0.15, -0.1) is 0 Å². The zero-order valence-electron chi connectivity index (χ0n) is 18.2. The molecule has 2 aromatic heterocycles. The van der Waals surface area contributed by atoms with Crippen molar-refractivity contribution in [3.63, 3.8) is 0 Å². The summed E-state index contributed by atoms with van der Waals surface area (Å²) in [6.07, 6.45) is 13.9. The highest BCUT2D eigenvalue weighted by atomic mass is 16.5. The van der Waals surface area contributed by atoms with Crippen LogP contribution in [0.3, 0.4) is 0 Å². The largest absolute Gasteiger partial charge is 0.474 e. The minimum atomic E-state index is 0.301. The van der Waals surface area contributed by atoms with E-state index < -0.39 is 0 Å². The van der Waals surface area contributed by atoms with Crippen LogP contribution in [0.2, 0.25) is 0 Å². The van der Waals surface area contributed by atoms with Gasteiger partial charge in [-0.1, -0.05) is 13.0 Å². The van der Waals surface area contributed by atoms with Crippen LogP contribution in [-0.2, 0) is 6.54 Å². The molecule has 4 rings (SSSR count). The standard InChI is InChI=1S/C23H34N6O/c1-3-25-23(28-13-10-18(2)21(16-28)29-14-12-24-17-29)27-15-19-7-6-11-26-22(19)30-20-8-4-5-9-20/h6-7,11-12,14,17-18,20-21H,3-5,8-10,13,15-16H2,1-2H3,(H,25,27). The molecule has 1 N–H and O–H groups in total. The summed E-state index contributed by atoms with van der Waals surface area (Å²) in [7, 11) is 0. The van der Waals surface area contributed by atoms with Crippen molar-refractivity contribution in [1.82, 2.24) is 24.8 Å². The highest BCUT2D eigenvalue weighted by Crippen LogP contribution is 2.28. The smallest absolute Gasteiger partial charge is 0.218 e. The Morgan fingerprint density at radius 3 is 2.90 bits per heavy atom. The third-order valence-electron chi connectivity index (χ3n) is 6.29. The highest BCUT2D eigenvalue weighted by Gasteiger charge is 2.29. The topological polar surface area (TPSA) is 67.6 Å². The first-order valence-electron chi connectivity index (χ1n) is 11.4. The molecule has 0 radical (unpaired) electrons. The maximum absolute atomic E-state index is 6.20. The van der Waals surface area contributed by atoms with Crippen molar-refractivity contribution < 1.29 is 4.74 Å². The van der Waals surface area contributed by atoms with Gasteiger partial charge in [0.05, 0.1) is 18.9 Å². The summed E-state index contributed by atoms with van der Waals surface area (Å²) in [6.45, 7) is 7.81. The fraction of sp³-hybridized carbons (Fsp3) is 0.609. The summed E-state index contributed by atoms with van der Waals surface area (Å²) in [5.41, 5.74) is 1.05. The lowest BCUT2D eigenvalue weighted by molar-refractivity contribution is 0.188. The summed E-state index contributed by atoms with van der Waals surface area (Å²) in [5, 5.41) is 3.49. The number of hydrogen-bond donors (Lipinski definition) is 1. The van der Waals surface area contributed by atoms with Crippen LogP contribution in [-0.4, -0.2) is 51.1 Å². The SMILES string of the molecule is CCNC(=NCc1cccnc1OC1CCCC1)N1CCC(C)C(n2ccnc2)C1. The third kappa shape index (κ3) is 4.94. The van der Waals surface area contributed by atoms with Crippen molar-refractivity contribution in [3.05, 3.63) is 42.6 Å². The molecule has 0 amide bonds. The normalized spacial score (nSPS) is 23.0. The Kier molecular flexibility index (Phi) is 6.87. The van der Waals surface area contributed by atoms with Crippen LogP contribution in [0.5, 0.6) is 5.88 Å². The van der Waals surface area contributed by atoms with E-state index in [-0.39, 0.29) is 0 Å². The van der Waals surface area contributed by atoms with E-state index in [1.54, 1.807) is 0 Å². The number of pyridine rings is 1. The van der Waals surface area contributed by atoms with Gasteiger partial charge in [-0.05, 0) is 51.0 Å². The number of imidazole rings is 1. The molecule has 0 spiro atoms. The summed E-state index contributed by atoms with van der Waals surface area (Å²) in [6, 6.07) is 4.46. The van der Waals surface area contributed by atoms with Crippen LogP contribution in [0.25, 0.3) is 0 Å². The van der Waals surface area contributed by atoms with E-state index in [1.807, 2.05) is 24.8 Å². The van der Waals surface area contributed by atoms with Gasteiger partial charge in [0, 0.05) is 43.8 Å². The molecule has 7 heteroatoms. The molecule has 0 aromatic carbocycles. The second kappa shape index (κ2) is 9.96. The van der Waals surface area contributed by atoms with Crippen LogP contribution >= 0.6 is 0 Å². The Labute approximate surface area is 179 Å². The van der Waals surface area contributed by atoms with Crippen molar-refractivity contribution in [3.8, 4) is 5.88 Å². The minimum absolute atomic E-state index is 0.301. The predicted octanol–water partition coefficient (Wildman–Crippen LogP) is 3.65. The molecule has 1 aliphatic heterocycles. The highest BCUT2D eigenvalue weighted by molar-refractivity contribution is 5.80. The quantitative estimate of drug-likeness (QED) is 0.582. The summed E-state index contributed by atoms with van der Waals surface area (Å²) >= 11 is 0. The van der Waals surface area contributed by atoms with Gasteiger partial charge >= 0.3 is 0 Å². The van der Waals surface area contributed by atoms with Crippen molar-refractivity contribution in [2.24, 2.45) is 10.9 Å². The molecule has 2 aromatic rings. The Morgan fingerprint density at radius 1 is 1.27 bits per heavy atom. The number of nitrogens with one attached hydrogen (secondary N) is 1. The number of piperidine rings is 1. The molecule has 1 saturated carbocycles. The van der Waals surface area contributed by atoms with E-state index in [9.17, 15) is 0 Å². The number of ether oxygens (including phenoxy) is 1. The molecule has 1 aliphatic carbocycles. The molecule has 2 aliphatic rings. The fourth-order valence-electron chi connectivity index (χ4n) is 4.50. The molecule has 1 saturated heterocycles. The van der Waals surface area contributed by atoms with Crippen molar-refractivity contribution in [2.45, 2.75) is 64.6 Å². The van der Waals surface area contributed by atoms with Crippen LogP contribution in [0.4, 0.5) is 0 Å². The zero-order chi connectivity index (χ0) is 20.8. The monoisotopic (exact) mass is 410 g/mol.